The van der Waals surface area contributed by atoms with E-state index in [9.17, 15) is 0 Å². The Morgan fingerprint density at radius 2 is 1.93 bits per heavy atom. The van der Waals surface area contributed by atoms with Crippen molar-refractivity contribution in [3.8, 4) is 5.75 Å². The standard InChI is InChI=1S/C13H20O2/c1-3-4-5-12-6-8-13(9-7-12)15-11(2)10-14/h6-9,11,14H,3-5,10H2,1-2H3. The van der Waals surface area contributed by atoms with Gasteiger partial charge in [0, 0.05) is 0 Å². The molecule has 0 aromatic heterocycles. The van der Waals surface area contributed by atoms with Gasteiger partial charge in [-0.1, -0.05) is 25.5 Å². The van der Waals surface area contributed by atoms with Crippen LogP contribution < -0.4 is 4.74 Å². The van der Waals surface area contributed by atoms with E-state index in [2.05, 4.69) is 19.1 Å². The molecule has 1 N–H and O–H groups in total. The van der Waals surface area contributed by atoms with Crippen molar-refractivity contribution in [3.05, 3.63) is 29.8 Å². The molecule has 0 aliphatic rings. The fourth-order valence-corrected chi connectivity index (χ4v) is 1.39. The molecule has 0 amide bonds. The first-order valence-electron chi connectivity index (χ1n) is 5.62. The van der Waals surface area contributed by atoms with Gasteiger partial charge in [0.25, 0.3) is 0 Å². The molecular weight excluding hydrogens is 188 g/mol. The van der Waals surface area contributed by atoms with E-state index in [1.54, 1.807) is 0 Å². The highest BCUT2D eigenvalue weighted by Gasteiger charge is 2.01. The molecule has 0 bridgehead atoms. The Kier molecular flexibility index (Phi) is 5.19. The molecule has 84 valence electrons. The highest BCUT2D eigenvalue weighted by Crippen LogP contribution is 2.15. The summed E-state index contributed by atoms with van der Waals surface area (Å²) in [6.45, 7) is 4.10. The van der Waals surface area contributed by atoms with Crippen molar-refractivity contribution < 1.29 is 9.84 Å². The number of rotatable bonds is 6. The number of benzene rings is 1. The summed E-state index contributed by atoms with van der Waals surface area (Å²) in [4.78, 5) is 0. The van der Waals surface area contributed by atoms with Crippen LogP contribution in [-0.4, -0.2) is 17.8 Å². The van der Waals surface area contributed by atoms with Crippen LogP contribution >= 0.6 is 0 Å². The Labute approximate surface area is 91.9 Å². The van der Waals surface area contributed by atoms with E-state index < -0.39 is 0 Å². The maximum atomic E-state index is 8.84. The summed E-state index contributed by atoms with van der Waals surface area (Å²) < 4.78 is 5.47. The minimum absolute atomic E-state index is 0.0532. The molecule has 1 aromatic carbocycles. The SMILES string of the molecule is CCCCc1ccc(OC(C)CO)cc1. The molecule has 1 rings (SSSR count). The van der Waals surface area contributed by atoms with Crippen molar-refractivity contribution >= 4 is 0 Å². The Balaban J connectivity index is 2.48. The van der Waals surface area contributed by atoms with Crippen molar-refractivity contribution in [1.29, 1.82) is 0 Å². The smallest absolute Gasteiger partial charge is 0.119 e. The molecule has 15 heavy (non-hydrogen) atoms. The molecular formula is C13H20O2. The van der Waals surface area contributed by atoms with Gasteiger partial charge in [-0.3, -0.25) is 0 Å². The summed E-state index contributed by atoms with van der Waals surface area (Å²) in [5.74, 6) is 0.830. The molecule has 1 unspecified atom stereocenters. The molecule has 0 saturated carbocycles. The third kappa shape index (κ3) is 4.34. The van der Waals surface area contributed by atoms with Crippen molar-refractivity contribution in [3.63, 3.8) is 0 Å². The molecule has 1 aromatic rings. The largest absolute Gasteiger partial charge is 0.488 e. The van der Waals surface area contributed by atoms with Gasteiger partial charge >= 0.3 is 0 Å². The van der Waals surface area contributed by atoms with Gasteiger partial charge in [0.15, 0.2) is 0 Å². The van der Waals surface area contributed by atoms with Crippen LogP contribution in [0.15, 0.2) is 24.3 Å². The summed E-state index contributed by atoms with van der Waals surface area (Å²) in [5.41, 5.74) is 1.35. The average molecular weight is 208 g/mol. The normalized spacial score (nSPS) is 12.5. The second-order valence-electron chi connectivity index (χ2n) is 3.86. The molecule has 0 radical (unpaired) electrons. The van der Waals surface area contributed by atoms with Crippen LogP contribution in [0, 0.1) is 0 Å². The highest BCUT2D eigenvalue weighted by atomic mass is 16.5. The average Bonchev–Trinajstić information content (AvgIpc) is 2.28. The number of aliphatic hydroxyl groups is 1. The zero-order chi connectivity index (χ0) is 11.1. The Hall–Kier alpha value is -1.02. The van der Waals surface area contributed by atoms with E-state index in [1.165, 1.54) is 18.4 Å². The van der Waals surface area contributed by atoms with E-state index >= 15 is 0 Å². The molecule has 0 fully saturated rings. The van der Waals surface area contributed by atoms with Crippen molar-refractivity contribution in [2.75, 3.05) is 6.61 Å². The maximum Gasteiger partial charge on any atom is 0.119 e. The van der Waals surface area contributed by atoms with Gasteiger partial charge in [-0.05, 0) is 37.5 Å². The predicted molar refractivity (Wildman–Crippen MR) is 62.2 cm³/mol. The van der Waals surface area contributed by atoms with Gasteiger partial charge < -0.3 is 9.84 Å². The number of unbranched alkanes of at least 4 members (excludes halogenated alkanes) is 1. The van der Waals surface area contributed by atoms with E-state index in [1.807, 2.05) is 19.1 Å². The van der Waals surface area contributed by atoms with Gasteiger partial charge in [0.1, 0.15) is 11.9 Å². The second kappa shape index (κ2) is 6.46. The van der Waals surface area contributed by atoms with Gasteiger partial charge in [0.05, 0.1) is 6.61 Å². The van der Waals surface area contributed by atoms with Crippen LogP contribution in [0.1, 0.15) is 32.3 Å². The van der Waals surface area contributed by atoms with Crippen LogP contribution in [-0.2, 0) is 6.42 Å². The van der Waals surface area contributed by atoms with Crippen LogP contribution in [0.4, 0.5) is 0 Å². The lowest BCUT2D eigenvalue weighted by Crippen LogP contribution is -2.16. The Bertz CT molecular complexity index is 266. The minimum atomic E-state index is -0.133. The summed E-state index contributed by atoms with van der Waals surface area (Å²) in [5, 5.41) is 8.84. The summed E-state index contributed by atoms with van der Waals surface area (Å²) in [7, 11) is 0. The van der Waals surface area contributed by atoms with Gasteiger partial charge in [0.2, 0.25) is 0 Å². The third-order valence-electron chi connectivity index (χ3n) is 2.34. The topological polar surface area (TPSA) is 29.5 Å². The lowest BCUT2D eigenvalue weighted by molar-refractivity contribution is 0.129. The van der Waals surface area contributed by atoms with E-state index in [0.29, 0.717) is 0 Å². The maximum absolute atomic E-state index is 8.84. The molecule has 2 nitrogen and oxygen atoms in total. The summed E-state index contributed by atoms with van der Waals surface area (Å²) >= 11 is 0. The van der Waals surface area contributed by atoms with Crippen LogP contribution in [0.2, 0.25) is 0 Å². The molecule has 1 atom stereocenters. The summed E-state index contributed by atoms with van der Waals surface area (Å²) in [6.07, 6.45) is 3.45. The first-order chi connectivity index (χ1) is 7.26. The number of hydrogen-bond donors (Lipinski definition) is 1. The second-order valence-corrected chi connectivity index (χ2v) is 3.86. The first kappa shape index (κ1) is 12.1. The van der Waals surface area contributed by atoms with Crippen molar-refractivity contribution in [2.45, 2.75) is 39.2 Å². The van der Waals surface area contributed by atoms with E-state index in [0.717, 1.165) is 12.2 Å². The number of hydrogen-bond acceptors (Lipinski definition) is 2. The number of aliphatic hydroxyl groups excluding tert-OH is 1. The quantitative estimate of drug-likeness (QED) is 0.779. The summed E-state index contributed by atoms with van der Waals surface area (Å²) in [6, 6.07) is 8.12. The van der Waals surface area contributed by atoms with Crippen LogP contribution in [0.3, 0.4) is 0 Å². The van der Waals surface area contributed by atoms with Crippen LogP contribution in [0.25, 0.3) is 0 Å². The third-order valence-corrected chi connectivity index (χ3v) is 2.34. The Morgan fingerprint density at radius 1 is 1.27 bits per heavy atom. The molecule has 0 saturated heterocycles. The fourth-order valence-electron chi connectivity index (χ4n) is 1.39. The minimum Gasteiger partial charge on any atom is -0.488 e. The van der Waals surface area contributed by atoms with Gasteiger partial charge in [-0.15, -0.1) is 0 Å². The molecule has 0 heterocycles. The lowest BCUT2D eigenvalue weighted by Gasteiger charge is -2.12. The van der Waals surface area contributed by atoms with Crippen molar-refractivity contribution in [2.24, 2.45) is 0 Å². The number of aryl methyl sites for hydroxylation is 1. The molecule has 2 heteroatoms. The zero-order valence-corrected chi connectivity index (χ0v) is 9.57. The monoisotopic (exact) mass is 208 g/mol. The van der Waals surface area contributed by atoms with Gasteiger partial charge in [-0.25, -0.2) is 0 Å². The van der Waals surface area contributed by atoms with Crippen molar-refractivity contribution in [1.82, 2.24) is 0 Å². The molecule has 0 aliphatic heterocycles. The molecule has 0 aliphatic carbocycles. The highest BCUT2D eigenvalue weighted by molar-refractivity contribution is 5.27. The van der Waals surface area contributed by atoms with Gasteiger partial charge in [-0.2, -0.15) is 0 Å². The first-order valence-corrected chi connectivity index (χ1v) is 5.62. The Morgan fingerprint density at radius 3 is 2.47 bits per heavy atom. The fraction of sp³-hybridized carbons (Fsp3) is 0.538. The zero-order valence-electron chi connectivity index (χ0n) is 9.57. The van der Waals surface area contributed by atoms with Crippen LogP contribution in [0.5, 0.6) is 5.75 Å². The lowest BCUT2D eigenvalue weighted by atomic mass is 10.1. The molecule has 0 spiro atoms. The predicted octanol–water partition coefficient (Wildman–Crippen LogP) is 2.79. The number of ether oxygens (including phenoxy) is 1. The van der Waals surface area contributed by atoms with E-state index in [4.69, 9.17) is 9.84 Å². The van der Waals surface area contributed by atoms with E-state index in [-0.39, 0.29) is 12.7 Å².